The van der Waals surface area contributed by atoms with Crippen LogP contribution < -0.4 is 9.80 Å². The van der Waals surface area contributed by atoms with Crippen molar-refractivity contribution in [1.82, 2.24) is 0 Å². The van der Waals surface area contributed by atoms with Crippen molar-refractivity contribution in [3.8, 4) is 23.0 Å². The molecule has 0 saturated heterocycles. The number of hydrogen-bond donors (Lipinski definition) is 4. The minimum absolute atomic E-state index is 0.145. The van der Waals surface area contributed by atoms with Gasteiger partial charge in [0, 0.05) is 62.8 Å². The van der Waals surface area contributed by atoms with Gasteiger partial charge >= 0.3 is 0 Å². The molecule has 1 aliphatic rings. The number of carbonyl (C=O) groups is 2. The Labute approximate surface area is 200 Å². The molecule has 0 unspecified atom stereocenters. The molecule has 2 aromatic carbocycles. The molecule has 1 aliphatic carbocycles. The van der Waals surface area contributed by atoms with Crippen LogP contribution in [-0.4, -0.2) is 59.2 Å². The number of phenolic OH excluding ortho intramolecular Hbond substituents is 4. The number of phenols is 4. The lowest BCUT2D eigenvalue weighted by atomic mass is 9.65. The van der Waals surface area contributed by atoms with Gasteiger partial charge in [-0.2, -0.15) is 0 Å². The Morgan fingerprint density at radius 2 is 0.941 bits per heavy atom. The molecule has 0 radical (unpaired) electrons. The van der Waals surface area contributed by atoms with Crippen molar-refractivity contribution in [2.24, 2.45) is 0 Å². The van der Waals surface area contributed by atoms with Gasteiger partial charge in [-0.05, 0) is 12.8 Å². The third-order valence-corrected chi connectivity index (χ3v) is 6.53. The van der Waals surface area contributed by atoms with Crippen LogP contribution in [0.2, 0.25) is 0 Å². The van der Waals surface area contributed by atoms with Crippen LogP contribution >= 0.6 is 0 Å². The van der Waals surface area contributed by atoms with Gasteiger partial charge in [0.15, 0.2) is 11.6 Å². The van der Waals surface area contributed by atoms with Crippen LogP contribution in [0.25, 0.3) is 0 Å². The van der Waals surface area contributed by atoms with Gasteiger partial charge < -0.3 is 30.2 Å². The zero-order valence-electron chi connectivity index (χ0n) is 20.2. The minimum Gasteiger partial charge on any atom is -0.507 e. The maximum atomic E-state index is 13.0. The van der Waals surface area contributed by atoms with Crippen LogP contribution in [0, 0.1) is 0 Å². The fraction of sp³-hybridized carbons (Fsp3) is 0.462. The number of benzene rings is 2. The van der Waals surface area contributed by atoms with Gasteiger partial charge in [0.1, 0.15) is 34.8 Å². The summed E-state index contributed by atoms with van der Waals surface area (Å²) < 4.78 is 0. The monoisotopic (exact) mass is 470 g/mol. The first-order valence-corrected chi connectivity index (χ1v) is 11.7. The second-order valence-electron chi connectivity index (χ2n) is 9.02. The van der Waals surface area contributed by atoms with E-state index in [0.29, 0.717) is 11.4 Å². The lowest BCUT2D eigenvalue weighted by Gasteiger charge is -2.34. The van der Waals surface area contributed by atoms with Gasteiger partial charge in [-0.15, -0.1) is 0 Å². The van der Waals surface area contributed by atoms with Crippen LogP contribution in [-0.2, 0) is 9.59 Å². The quantitative estimate of drug-likeness (QED) is 0.385. The molecule has 34 heavy (non-hydrogen) atoms. The van der Waals surface area contributed by atoms with E-state index in [1.54, 1.807) is 0 Å². The lowest BCUT2D eigenvalue weighted by Crippen LogP contribution is -2.44. The first-order chi connectivity index (χ1) is 16.1. The maximum Gasteiger partial charge on any atom is 0.163 e. The summed E-state index contributed by atoms with van der Waals surface area (Å²) in [5.41, 5.74) is 0.852. The van der Waals surface area contributed by atoms with E-state index in [-0.39, 0.29) is 34.1 Å². The normalized spacial score (nSPS) is 17.5. The molecule has 2 aromatic rings. The number of Topliss-reactive ketones (excluding diaryl/α,β-unsaturated/α-hetero) is 2. The average molecular weight is 471 g/mol. The van der Waals surface area contributed by atoms with Gasteiger partial charge in [-0.1, -0.05) is 26.7 Å². The second kappa shape index (κ2) is 10.2. The highest BCUT2D eigenvalue weighted by atomic mass is 16.3. The Morgan fingerprint density at radius 3 is 1.21 bits per heavy atom. The van der Waals surface area contributed by atoms with Gasteiger partial charge in [-0.25, -0.2) is 0 Å². The number of nitrogens with zero attached hydrogens (tertiary/aromatic N) is 2. The van der Waals surface area contributed by atoms with Crippen LogP contribution in [0.4, 0.5) is 11.4 Å². The standard InChI is InChI=1S/C26H34N2O6/c1-5-7-9-27(3)15-11-17(29)21(18(30)12-15)23-25(33)24(26(23)34)22-19(31)13-16(14-20(22)32)28(4)10-8-6-2/h11-14,23-24,29-32H,5-10H2,1-4H3. The summed E-state index contributed by atoms with van der Waals surface area (Å²) in [6.45, 7) is 5.56. The van der Waals surface area contributed by atoms with Crippen LogP contribution in [0.5, 0.6) is 23.0 Å². The molecule has 0 atom stereocenters. The van der Waals surface area contributed by atoms with Crippen LogP contribution in [0.1, 0.15) is 62.5 Å². The van der Waals surface area contributed by atoms with Gasteiger partial charge in [-0.3, -0.25) is 9.59 Å². The van der Waals surface area contributed by atoms with Crippen molar-refractivity contribution >= 4 is 22.9 Å². The van der Waals surface area contributed by atoms with E-state index in [4.69, 9.17) is 0 Å². The van der Waals surface area contributed by atoms with E-state index >= 15 is 0 Å². The lowest BCUT2D eigenvalue weighted by molar-refractivity contribution is -0.142. The molecule has 0 amide bonds. The fourth-order valence-electron chi connectivity index (χ4n) is 4.38. The largest absolute Gasteiger partial charge is 0.507 e. The Balaban J connectivity index is 1.87. The van der Waals surface area contributed by atoms with Crippen LogP contribution in [0.3, 0.4) is 0 Å². The van der Waals surface area contributed by atoms with Crippen molar-refractivity contribution in [3.63, 3.8) is 0 Å². The molecule has 8 heteroatoms. The predicted octanol–water partition coefficient (Wildman–Crippen LogP) is 4.00. The summed E-state index contributed by atoms with van der Waals surface area (Å²) in [4.78, 5) is 29.8. The van der Waals surface area contributed by atoms with E-state index < -0.39 is 23.4 Å². The molecule has 0 heterocycles. The average Bonchev–Trinajstić information content (AvgIpc) is 2.79. The second-order valence-corrected chi connectivity index (χ2v) is 9.02. The fourth-order valence-corrected chi connectivity index (χ4v) is 4.38. The SMILES string of the molecule is CCCCN(C)c1cc(O)c(C2C(=O)C(c3c(O)cc(N(C)CCCC)cc3O)C2=O)c(O)c1. The summed E-state index contributed by atoms with van der Waals surface area (Å²) in [7, 11) is 3.66. The third kappa shape index (κ3) is 4.62. The van der Waals surface area contributed by atoms with E-state index in [0.717, 1.165) is 38.8 Å². The molecule has 0 aromatic heterocycles. The van der Waals surface area contributed by atoms with Crippen molar-refractivity contribution in [1.29, 1.82) is 0 Å². The third-order valence-electron chi connectivity index (χ3n) is 6.53. The minimum atomic E-state index is -1.36. The molecule has 0 bridgehead atoms. The highest BCUT2D eigenvalue weighted by molar-refractivity contribution is 6.32. The molecule has 4 N–H and O–H groups in total. The summed E-state index contributed by atoms with van der Waals surface area (Å²) in [6.07, 6.45) is 3.84. The number of hydrogen-bond acceptors (Lipinski definition) is 8. The summed E-state index contributed by atoms with van der Waals surface area (Å²) >= 11 is 0. The zero-order valence-corrected chi connectivity index (χ0v) is 20.2. The smallest absolute Gasteiger partial charge is 0.163 e. The van der Waals surface area contributed by atoms with E-state index in [2.05, 4.69) is 13.8 Å². The molecular formula is C26H34N2O6. The van der Waals surface area contributed by atoms with Crippen molar-refractivity contribution in [2.75, 3.05) is 37.0 Å². The molecule has 184 valence electrons. The molecule has 3 rings (SSSR count). The zero-order chi connectivity index (χ0) is 25.2. The topological polar surface area (TPSA) is 122 Å². The first-order valence-electron chi connectivity index (χ1n) is 11.7. The van der Waals surface area contributed by atoms with Crippen molar-refractivity contribution in [3.05, 3.63) is 35.4 Å². The van der Waals surface area contributed by atoms with Crippen molar-refractivity contribution in [2.45, 2.75) is 51.4 Å². The van der Waals surface area contributed by atoms with Gasteiger partial charge in [0.25, 0.3) is 0 Å². The number of ketones is 2. The molecule has 1 fully saturated rings. The number of carbonyl (C=O) groups excluding carboxylic acids is 2. The molecular weight excluding hydrogens is 436 g/mol. The highest BCUT2D eigenvalue weighted by Gasteiger charge is 2.54. The Hall–Kier alpha value is -3.42. The number of rotatable bonds is 10. The van der Waals surface area contributed by atoms with E-state index in [1.807, 2.05) is 23.9 Å². The molecule has 0 spiro atoms. The van der Waals surface area contributed by atoms with Crippen LogP contribution in [0.15, 0.2) is 24.3 Å². The first kappa shape index (κ1) is 25.2. The van der Waals surface area contributed by atoms with Gasteiger partial charge in [0.05, 0.1) is 11.1 Å². The predicted molar refractivity (Wildman–Crippen MR) is 131 cm³/mol. The number of aromatic hydroxyl groups is 4. The van der Waals surface area contributed by atoms with Crippen molar-refractivity contribution < 1.29 is 30.0 Å². The van der Waals surface area contributed by atoms with E-state index in [1.165, 1.54) is 24.3 Å². The summed E-state index contributed by atoms with van der Waals surface area (Å²) in [5, 5.41) is 42.2. The van der Waals surface area contributed by atoms with Gasteiger partial charge in [0.2, 0.25) is 0 Å². The number of anilines is 2. The number of unbranched alkanes of at least 4 members (excludes halogenated alkanes) is 2. The Kier molecular flexibility index (Phi) is 7.59. The summed E-state index contributed by atoms with van der Waals surface area (Å²) in [6, 6.07) is 5.70. The molecule has 0 aliphatic heterocycles. The van der Waals surface area contributed by atoms with E-state index in [9.17, 15) is 30.0 Å². The molecule has 1 saturated carbocycles. The maximum absolute atomic E-state index is 13.0. The molecule has 8 nitrogen and oxygen atoms in total. The highest BCUT2D eigenvalue weighted by Crippen LogP contribution is 2.51. The Morgan fingerprint density at radius 1 is 0.647 bits per heavy atom. The summed E-state index contributed by atoms with van der Waals surface area (Å²) in [5.74, 6) is -5.28. The Bertz CT molecular complexity index is 939.